The molecule has 84 valence electrons. The molecule has 1 rings (SSSR count). The van der Waals surface area contributed by atoms with Gasteiger partial charge in [-0.3, -0.25) is 4.79 Å². The molecule has 1 amide bonds. The molecule has 2 N–H and O–H groups in total. The number of carbonyl (C=O) groups excluding carboxylic acids is 1. The van der Waals surface area contributed by atoms with E-state index in [0.29, 0.717) is 26.3 Å². The van der Waals surface area contributed by atoms with E-state index in [1.54, 1.807) is 7.05 Å². The molecule has 0 bridgehead atoms. The zero-order valence-corrected chi connectivity index (χ0v) is 9.28. The lowest BCUT2D eigenvalue weighted by Crippen LogP contribution is -2.43. The van der Waals surface area contributed by atoms with Gasteiger partial charge in [-0.15, -0.1) is 12.4 Å². The van der Waals surface area contributed by atoms with Crippen LogP contribution in [0.4, 0.5) is 0 Å². The second-order valence-electron chi connectivity index (χ2n) is 3.14. The minimum Gasteiger partial charge on any atom is -0.350 e. The van der Waals surface area contributed by atoms with Gasteiger partial charge >= 0.3 is 0 Å². The van der Waals surface area contributed by atoms with Crippen molar-refractivity contribution in [3.05, 3.63) is 0 Å². The van der Waals surface area contributed by atoms with Crippen molar-refractivity contribution in [1.29, 1.82) is 0 Å². The van der Waals surface area contributed by atoms with Crippen LogP contribution in [0.15, 0.2) is 0 Å². The van der Waals surface area contributed by atoms with Crippen molar-refractivity contribution in [1.82, 2.24) is 10.6 Å². The number of ether oxygens (including phenoxy) is 2. The molecule has 1 aliphatic heterocycles. The molecule has 0 spiro atoms. The molecule has 0 aromatic heterocycles. The lowest BCUT2D eigenvalue weighted by molar-refractivity contribution is -0.145. The molecular weight excluding hydrogens is 208 g/mol. The van der Waals surface area contributed by atoms with Crippen molar-refractivity contribution in [3.8, 4) is 0 Å². The predicted octanol–water partition coefficient (Wildman–Crippen LogP) is -0.493. The minimum atomic E-state index is -0.636. The Bertz CT molecular complexity index is 183. The lowest BCUT2D eigenvalue weighted by Gasteiger charge is -2.22. The maximum absolute atomic E-state index is 11.1. The first-order valence-electron chi connectivity index (χ1n) is 4.35. The van der Waals surface area contributed by atoms with Crippen molar-refractivity contribution in [2.75, 3.05) is 33.4 Å². The predicted molar refractivity (Wildman–Crippen MR) is 54.5 cm³/mol. The van der Waals surface area contributed by atoms with Crippen molar-refractivity contribution >= 4 is 18.3 Å². The average molecular weight is 225 g/mol. The van der Waals surface area contributed by atoms with E-state index in [1.807, 2.05) is 6.92 Å². The number of nitrogens with one attached hydrogen (secondary N) is 2. The highest BCUT2D eigenvalue weighted by Gasteiger charge is 2.30. The minimum absolute atomic E-state index is 0. The van der Waals surface area contributed by atoms with Crippen LogP contribution in [0.1, 0.15) is 6.92 Å². The summed E-state index contributed by atoms with van der Waals surface area (Å²) in [6.07, 6.45) is 0. The molecule has 1 fully saturated rings. The highest BCUT2D eigenvalue weighted by Crippen LogP contribution is 2.16. The largest absolute Gasteiger partial charge is 0.350 e. The van der Waals surface area contributed by atoms with E-state index in [1.165, 1.54) is 0 Å². The summed E-state index contributed by atoms with van der Waals surface area (Å²) < 4.78 is 10.6. The fraction of sp³-hybridized carbons (Fsp3) is 0.875. The van der Waals surface area contributed by atoms with Gasteiger partial charge in [0.05, 0.1) is 26.3 Å². The highest BCUT2D eigenvalue weighted by atomic mass is 35.5. The van der Waals surface area contributed by atoms with Crippen molar-refractivity contribution < 1.29 is 14.3 Å². The van der Waals surface area contributed by atoms with Crippen LogP contribution in [-0.2, 0) is 14.3 Å². The topological polar surface area (TPSA) is 59.6 Å². The number of rotatable bonds is 4. The van der Waals surface area contributed by atoms with E-state index in [2.05, 4.69) is 10.6 Å². The van der Waals surface area contributed by atoms with Crippen LogP contribution >= 0.6 is 12.4 Å². The summed E-state index contributed by atoms with van der Waals surface area (Å²) in [5.41, 5.74) is 0. The molecular formula is C8H17ClN2O3. The molecule has 14 heavy (non-hydrogen) atoms. The van der Waals surface area contributed by atoms with Gasteiger partial charge in [-0.05, 0) is 14.0 Å². The average Bonchev–Trinajstić information content (AvgIpc) is 2.51. The summed E-state index contributed by atoms with van der Waals surface area (Å²) in [7, 11) is 1.73. The van der Waals surface area contributed by atoms with Gasteiger partial charge in [0.25, 0.3) is 0 Å². The quantitative estimate of drug-likeness (QED) is 0.677. The van der Waals surface area contributed by atoms with Crippen LogP contribution in [0.3, 0.4) is 0 Å². The molecule has 0 saturated carbocycles. The molecule has 0 aromatic carbocycles. The van der Waals surface area contributed by atoms with E-state index in [0.717, 1.165) is 0 Å². The Labute approximate surface area is 89.9 Å². The molecule has 0 radical (unpaired) electrons. The number of amides is 1. The van der Waals surface area contributed by atoms with Crippen LogP contribution in [0, 0.1) is 0 Å². The lowest BCUT2D eigenvalue weighted by atomic mass is 10.3. The van der Waals surface area contributed by atoms with Gasteiger partial charge in [0.1, 0.15) is 0 Å². The summed E-state index contributed by atoms with van der Waals surface area (Å²) in [5, 5.41) is 5.48. The third kappa shape index (κ3) is 4.23. The number of hydrogen-bond donors (Lipinski definition) is 2. The maximum Gasteiger partial charge on any atom is 0.234 e. The summed E-state index contributed by atoms with van der Waals surface area (Å²) >= 11 is 0. The zero-order valence-electron chi connectivity index (χ0n) is 8.46. The Kier molecular flexibility index (Phi) is 6.03. The summed E-state index contributed by atoms with van der Waals surface area (Å²) in [6, 6.07) is 0. The Morgan fingerprint density at radius 2 is 2.00 bits per heavy atom. The first kappa shape index (κ1) is 13.6. The van der Waals surface area contributed by atoms with Crippen molar-refractivity contribution in [3.63, 3.8) is 0 Å². The van der Waals surface area contributed by atoms with Gasteiger partial charge in [0.15, 0.2) is 5.79 Å². The van der Waals surface area contributed by atoms with Gasteiger partial charge in [-0.25, -0.2) is 0 Å². The second-order valence-corrected chi connectivity index (χ2v) is 3.14. The molecule has 1 aliphatic rings. The molecule has 0 aliphatic carbocycles. The first-order valence-corrected chi connectivity index (χ1v) is 4.35. The third-order valence-electron chi connectivity index (χ3n) is 1.84. The maximum atomic E-state index is 11.1. The van der Waals surface area contributed by atoms with E-state index in [9.17, 15) is 4.79 Å². The molecule has 5 nitrogen and oxygen atoms in total. The monoisotopic (exact) mass is 224 g/mol. The highest BCUT2D eigenvalue weighted by molar-refractivity contribution is 5.85. The van der Waals surface area contributed by atoms with Crippen LogP contribution in [-0.4, -0.2) is 45.0 Å². The van der Waals surface area contributed by atoms with Crippen LogP contribution in [0.25, 0.3) is 0 Å². The molecule has 1 heterocycles. The number of likely N-dealkylation sites (N-methyl/N-ethyl adjacent to an activating group) is 1. The molecule has 0 aromatic rings. The molecule has 1 saturated heterocycles. The van der Waals surface area contributed by atoms with Gasteiger partial charge in [0, 0.05) is 0 Å². The van der Waals surface area contributed by atoms with Gasteiger partial charge in [0.2, 0.25) is 5.91 Å². The second kappa shape index (κ2) is 6.19. The SMILES string of the molecule is CNCC(=O)NCC1(C)OCCO1.Cl. The number of hydrogen-bond acceptors (Lipinski definition) is 4. The Morgan fingerprint density at radius 3 is 2.50 bits per heavy atom. The molecule has 6 heteroatoms. The van der Waals surface area contributed by atoms with E-state index in [4.69, 9.17) is 9.47 Å². The number of halogens is 1. The van der Waals surface area contributed by atoms with Crippen LogP contribution in [0.2, 0.25) is 0 Å². The van der Waals surface area contributed by atoms with E-state index >= 15 is 0 Å². The van der Waals surface area contributed by atoms with Crippen molar-refractivity contribution in [2.45, 2.75) is 12.7 Å². The molecule has 0 unspecified atom stereocenters. The fourth-order valence-corrected chi connectivity index (χ4v) is 1.14. The standard InChI is InChI=1S/C8H16N2O3.ClH/c1-8(12-3-4-13-8)6-10-7(11)5-9-2;/h9H,3-6H2,1-2H3,(H,10,11);1H. The Balaban J connectivity index is 0.00000169. The van der Waals surface area contributed by atoms with Gasteiger partial charge in [-0.2, -0.15) is 0 Å². The van der Waals surface area contributed by atoms with Crippen molar-refractivity contribution in [2.24, 2.45) is 0 Å². The van der Waals surface area contributed by atoms with Crippen LogP contribution in [0.5, 0.6) is 0 Å². The first-order chi connectivity index (χ1) is 6.16. The normalized spacial score (nSPS) is 18.7. The summed E-state index contributed by atoms with van der Waals surface area (Å²) in [6.45, 7) is 3.72. The third-order valence-corrected chi connectivity index (χ3v) is 1.84. The summed E-state index contributed by atoms with van der Waals surface area (Å²) in [4.78, 5) is 11.1. The van der Waals surface area contributed by atoms with Crippen LogP contribution < -0.4 is 10.6 Å². The van der Waals surface area contributed by atoms with E-state index in [-0.39, 0.29) is 18.3 Å². The number of carbonyl (C=O) groups is 1. The Morgan fingerprint density at radius 1 is 1.43 bits per heavy atom. The fourth-order valence-electron chi connectivity index (χ4n) is 1.14. The molecule has 0 atom stereocenters. The summed E-state index contributed by atoms with van der Waals surface area (Å²) in [5.74, 6) is -0.688. The van der Waals surface area contributed by atoms with Gasteiger partial charge in [-0.1, -0.05) is 0 Å². The van der Waals surface area contributed by atoms with Gasteiger partial charge < -0.3 is 20.1 Å². The zero-order chi connectivity index (χ0) is 9.73. The smallest absolute Gasteiger partial charge is 0.234 e. The van der Waals surface area contributed by atoms with E-state index < -0.39 is 5.79 Å². The Hall–Kier alpha value is -0.360.